The predicted octanol–water partition coefficient (Wildman–Crippen LogP) is 4.17. The fourth-order valence-corrected chi connectivity index (χ4v) is 2.55. The van der Waals surface area contributed by atoms with Gasteiger partial charge in [-0.25, -0.2) is 0 Å². The van der Waals surface area contributed by atoms with Gasteiger partial charge in [0.15, 0.2) is 0 Å². The number of nitrogens with zero attached hydrogens (tertiary/aromatic N) is 2. The molecule has 0 aliphatic rings. The summed E-state index contributed by atoms with van der Waals surface area (Å²) in [5.74, 6) is 0. The lowest BCUT2D eigenvalue weighted by Crippen LogP contribution is -2.19. The smallest absolute Gasteiger partial charge is 0.0722 e. The Morgan fingerprint density at radius 2 is 1.75 bits per heavy atom. The van der Waals surface area contributed by atoms with Crippen LogP contribution in [0.25, 0.3) is 0 Å². The van der Waals surface area contributed by atoms with E-state index in [1.807, 2.05) is 11.7 Å². The van der Waals surface area contributed by atoms with Crippen LogP contribution in [0.4, 0.5) is 0 Å². The van der Waals surface area contributed by atoms with E-state index < -0.39 is 0 Å². The molecule has 0 saturated carbocycles. The lowest BCUT2D eigenvalue weighted by atomic mass is 9.89. The second-order valence-corrected chi connectivity index (χ2v) is 6.87. The average molecular weight is 279 g/mol. The van der Waals surface area contributed by atoms with Crippen molar-refractivity contribution < 1.29 is 0 Å². The molecule has 1 heterocycles. The summed E-state index contributed by atoms with van der Waals surface area (Å²) < 4.78 is 1.93. The molecular formula is C17H33N3. The average Bonchev–Trinajstić information content (AvgIpc) is 2.74. The van der Waals surface area contributed by atoms with Crippen LogP contribution in [-0.4, -0.2) is 16.3 Å². The Morgan fingerprint density at radius 3 is 2.40 bits per heavy atom. The van der Waals surface area contributed by atoms with Crippen molar-refractivity contribution in [2.45, 2.75) is 78.2 Å². The largest absolute Gasteiger partial charge is 0.313 e. The lowest BCUT2D eigenvalue weighted by molar-refractivity contribution is 0.538. The number of rotatable bonds is 9. The second-order valence-electron chi connectivity index (χ2n) is 6.87. The van der Waals surface area contributed by atoms with Gasteiger partial charge in [-0.2, -0.15) is 5.10 Å². The summed E-state index contributed by atoms with van der Waals surface area (Å²) in [6, 6.07) is 0. The van der Waals surface area contributed by atoms with Crippen molar-refractivity contribution in [2.24, 2.45) is 7.05 Å². The molecule has 0 aromatic carbocycles. The van der Waals surface area contributed by atoms with E-state index in [9.17, 15) is 0 Å². The highest BCUT2D eigenvalue weighted by Gasteiger charge is 2.21. The van der Waals surface area contributed by atoms with Crippen LogP contribution in [-0.2, 0) is 19.0 Å². The third kappa shape index (κ3) is 6.08. The van der Waals surface area contributed by atoms with Crippen LogP contribution in [0.5, 0.6) is 0 Å². The van der Waals surface area contributed by atoms with Crippen molar-refractivity contribution in [1.29, 1.82) is 0 Å². The van der Waals surface area contributed by atoms with E-state index in [1.54, 1.807) is 0 Å². The van der Waals surface area contributed by atoms with Gasteiger partial charge in [0.05, 0.1) is 5.69 Å². The Bertz CT molecular complexity index is 374. The molecule has 0 spiro atoms. The first-order valence-corrected chi connectivity index (χ1v) is 8.19. The Labute approximate surface area is 125 Å². The Hall–Kier alpha value is -0.830. The van der Waals surface area contributed by atoms with Gasteiger partial charge in [-0.15, -0.1) is 0 Å². The molecule has 3 nitrogen and oxygen atoms in total. The number of nitrogens with one attached hydrogen (secondary N) is 1. The zero-order chi connectivity index (χ0) is 15.0. The van der Waals surface area contributed by atoms with Crippen LogP contribution in [0.1, 0.15) is 77.5 Å². The van der Waals surface area contributed by atoms with Gasteiger partial charge in [0.25, 0.3) is 0 Å². The van der Waals surface area contributed by atoms with Crippen LogP contribution >= 0.6 is 0 Å². The number of unbranched alkanes of at least 4 members (excludes halogenated alkanes) is 5. The summed E-state index contributed by atoms with van der Waals surface area (Å²) in [7, 11) is 2.01. The van der Waals surface area contributed by atoms with E-state index in [2.05, 4.69) is 44.3 Å². The minimum absolute atomic E-state index is 0.123. The van der Waals surface area contributed by atoms with Gasteiger partial charge in [-0.3, -0.25) is 4.68 Å². The molecule has 3 heteroatoms. The molecule has 0 aliphatic heterocycles. The van der Waals surface area contributed by atoms with Gasteiger partial charge in [-0.1, -0.05) is 59.8 Å². The SMILES string of the molecule is CCCCCCCCNCc1cn(C)nc1C(C)(C)C. The van der Waals surface area contributed by atoms with Crippen molar-refractivity contribution in [1.82, 2.24) is 15.1 Å². The highest BCUT2D eigenvalue weighted by molar-refractivity contribution is 5.23. The topological polar surface area (TPSA) is 29.9 Å². The molecular weight excluding hydrogens is 246 g/mol. The minimum Gasteiger partial charge on any atom is -0.313 e. The molecule has 0 unspecified atom stereocenters. The summed E-state index contributed by atoms with van der Waals surface area (Å²) in [5.41, 5.74) is 2.68. The summed E-state index contributed by atoms with van der Waals surface area (Å²) in [5, 5.41) is 8.17. The first-order chi connectivity index (χ1) is 9.45. The second kappa shape index (κ2) is 8.46. The van der Waals surface area contributed by atoms with E-state index in [4.69, 9.17) is 0 Å². The Kier molecular flexibility index (Phi) is 7.28. The van der Waals surface area contributed by atoms with Crippen LogP contribution in [0.2, 0.25) is 0 Å². The van der Waals surface area contributed by atoms with E-state index in [0.717, 1.165) is 13.1 Å². The van der Waals surface area contributed by atoms with E-state index in [1.165, 1.54) is 49.8 Å². The molecule has 0 radical (unpaired) electrons. The third-order valence-corrected chi connectivity index (χ3v) is 3.64. The van der Waals surface area contributed by atoms with Crippen LogP contribution in [0.3, 0.4) is 0 Å². The number of aryl methyl sites for hydroxylation is 1. The first kappa shape index (κ1) is 17.2. The quantitative estimate of drug-likeness (QED) is 0.688. The van der Waals surface area contributed by atoms with Gasteiger partial charge in [0, 0.05) is 30.8 Å². The van der Waals surface area contributed by atoms with E-state index in [-0.39, 0.29) is 5.41 Å². The lowest BCUT2D eigenvalue weighted by Gasteiger charge is -2.17. The molecule has 116 valence electrons. The van der Waals surface area contributed by atoms with Crippen molar-refractivity contribution in [2.75, 3.05) is 6.54 Å². The molecule has 0 bridgehead atoms. The molecule has 0 aliphatic carbocycles. The highest BCUT2D eigenvalue weighted by atomic mass is 15.3. The highest BCUT2D eigenvalue weighted by Crippen LogP contribution is 2.23. The maximum atomic E-state index is 4.61. The number of hydrogen-bond donors (Lipinski definition) is 1. The zero-order valence-corrected chi connectivity index (χ0v) is 14.1. The van der Waals surface area contributed by atoms with Gasteiger partial charge in [0.1, 0.15) is 0 Å². The minimum atomic E-state index is 0.123. The van der Waals surface area contributed by atoms with Crippen molar-refractivity contribution in [3.05, 3.63) is 17.5 Å². The molecule has 0 saturated heterocycles. The third-order valence-electron chi connectivity index (χ3n) is 3.64. The van der Waals surface area contributed by atoms with Crippen molar-refractivity contribution >= 4 is 0 Å². The Morgan fingerprint density at radius 1 is 1.10 bits per heavy atom. The van der Waals surface area contributed by atoms with Gasteiger partial charge in [-0.05, 0) is 13.0 Å². The number of aromatic nitrogens is 2. The monoisotopic (exact) mass is 279 g/mol. The van der Waals surface area contributed by atoms with E-state index in [0.29, 0.717) is 0 Å². The summed E-state index contributed by atoms with van der Waals surface area (Å²) in [6.45, 7) is 11.0. The van der Waals surface area contributed by atoms with Crippen molar-refractivity contribution in [3.8, 4) is 0 Å². The summed E-state index contributed by atoms with van der Waals surface area (Å²) in [6.07, 6.45) is 10.3. The predicted molar refractivity (Wildman–Crippen MR) is 87.0 cm³/mol. The standard InChI is InChI=1S/C17H33N3/c1-6-7-8-9-10-11-12-18-13-15-14-20(5)19-16(15)17(2,3)4/h14,18H,6-13H2,1-5H3. The molecule has 1 aromatic heterocycles. The Balaban J connectivity index is 2.25. The normalized spacial score (nSPS) is 12.1. The fourth-order valence-electron chi connectivity index (χ4n) is 2.55. The van der Waals surface area contributed by atoms with Crippen molar-refractivity contribution in [3.63, 3.8) is 0 Å². The zero-order valence-electron chi connectivity index (χ0n) is 14.1. The van der Waals surface area contributed by atoms with Crippen LogP contribution < -0.4 is 5.32 Å². The molecule has 1 rings (SSSR count). The number of hydrogen-bond acceptors (Lipinski definition) is 2. The molecule has 0 fully saturated rings. The summed E-state index contributed by atoms with van der Waals surface area (Å²) in [4.78, 5) is 0. The molecule has 20 heavy (non-hydrogen) atoms. The molecule has 1 aromatic rings. The van der Waals surface area contributed by atoms with Gasteiger partial charge >= 0.3 is 0 Å². The summed E-state index contributed by atoms with van der Waals surface area (Å²) >= 11 is 0. The fraction of sp³-hybridized carbons (Fsp3) is 0.824. The van der Waals surface area contributed by atoms with Gasteiger partial charge in [0.2, 0.25) is 0 Å². The maximum absolute atomic E-state index is 4.61. The molecule has 0 atom stereocenters. The maximum Gasteiger partial charge on any atom is 0.0722 e. The van der Waals surface area contributed by atoms with E-state index >= 15 is 0 Å². The van der Waals surface area contributed by atoms with Crippen LogP contribution in [0, 0.1) is 0 Å². The first-order valence-electron chi connectivity index (χ1n) is 8.19. The van der Waals surface area contributed by atoms with Crippen LogP contribution in [0.15, 0.2) is 6.20 Å². The molecule has 0 amide bonds. The van der Waals surface area contributed by atoms with Gasteiger partial charge < -0.3 is 5.32 Å². The molecule has 1 N–H and O–H groups in total.